The predicted molar refractivity (Wildman–Crippen MR) is 450 cm³/mol. The molecule has 18 aromatic carbocycles. The predicted octanol–water partition coefficient (Wildman–Crippen LogP) is 27.6. The highest BCUT2D eigenvalue weighted by atomic mass is 15.0. The topological polar surface area (TPSA) is 19.7 Å². The SMILES string of the molecule is c1ccc(-c2cc(-c3ccccc3)cc(-n3c4ccccc4c4cc(-c5ccc6c(c5)c5ccccc5n6-c5ccc6ccccc6c5)ccc43)c2)cc1.c1ccc(-c2ccc(-n3c4ccccc4c4cc(-c5ccc6c(c5)c5ccccc5n6-c5ccc6ccccc6c5)ccc43)c3ccccc23)cc1. The molecule has 494 valence electrons. The molecule has 4 nitrogen and oxygen atoms in total. The lowest BCUT2D eigenvalue weighted by atomic mass is 9.97. The molecule has 22 rings (SSSR count). The zero-order valence-electron chi connectivity index (χ0n) is 57.9. The molecule has 0 unspecified atom stereocenters. The normalized spacial score (nSPS) is 11.8. The third-order valence-electron chi connectivity index (χ3n) is 22.0. The molecule has 106 heavy (non-hydrogen) atoms. The maximum atomic E-state index is 2.45. The third-order valence-corrected chi connectivity index (χ3v) is 22.0. The first-order valence-corrected chi connectivity index (χ1v) is 36.5. The van der Waals surface area contributed by atoms with Gasteiger partial charge in [0.2, 0.25) is 0 Å². The second-order valence-electron chi connectivity index (χ2n) is 27.9. The van der Waals surface area contributed by atoms with E-state index < -0.39 is 0 Å². The number of hydrogen-bond acceptors (Lipinski definition) is 0. The Kier molecular flexibility index (Phi) is 14.2. The summed E-state index contributed by atoms with van der Waals surface area (Å²) in [5, 5.41) is 17.5. The molecule has 0 saturated heterocycles. The Balaban J connectivity index is 0.000000136. The Bertz CT molecular complexity index is 7190. The monoisotopic (exact) mass is 1350 g/mol. The largest absolute Gasteiger partial charge is 0.309 e. The van der Waals surface area contributed by atoms with E-state index in [4.69, 9.17) is 0 Å². The summed E-state index contributed by atoms with van der Waals surface area (Å²) >= 11 is 0. The van der Waals surface area contributed by atoms with Crippen molar-refractivity contribution in [3.8, 4) is 78.4 Å². The van der Waals surface area contributed by atoms with E-state index in [2.05, 4.69) is 419 Å². The Labute approximate surface area is 612 Å². The summed E-state index contributed by atoms with van der Waals surface area (Å²) in [6.07, 6.45) is 0. The van der Waals surface area contributed by atoms with Crippen molar-refractivity contribution in [1.82, 2.24) is 18.3 Å². The van der Waals surface area contributed by atoms with Gasteiger partial charge in [0, 0.05) is 65.5 Å². The van der Waals surface area contributed by atoms with Crippen molar-refractivity contribution in [3.05, 3.63) is 400 Å². The van der Waals surface area contributed by atoms with Gasteiger partial charge in [-0.2, -0.15) is 0 Å². The zero-order valence-corrected chi connectivity index (χ0v) is 57.9. The molecule has 4 aromatic heterocycles. The molecule has 0 fully saturated rings. The minimum absolute atomic E-state index is 1.15. The van der Waals surface area contributed by atoms with Crippen LogP contribution >= 0.6 is 0 Å². The lowest BCUT2D eigenvalue weighted by Gasteiger charge is -2.15. The number of hydrogen-bond donors (Lipinski definition) is 0. The quantitative estimate of drug-likeness (QED) is 0.137. The van der Waals surface area contributed by atoms with Crippen LogP contribution in [-0.4, -0.2) is 18.3 Å². The van der Waals surface area contributed by atoms with Crippen LogP contribution in [-0.2, 0) is 0 Å². The fraction of sp³-hybridized carbons (Fsp3) is 0. The maximum Gasteiger partial charge on any atom is 0.0541 e. The molecule has 0 atom stereocenters. The van der Waals surface area contributed by atoms with Crippen molar-refractivity contribution in [3.63, 3.8) is 0 Å². The average Bonchev–Trinajstić information content (AvgIpc) is 1.57. The summed E-state index contributed by atoms with van der Waals surface area (Å²) in [7, 11) is 0. The number of para-hydroxylation sites is 4. The van der Waals surface area contributed by atoms with E-state index in [0.717, 1.165) is 5.69 Å². The molecule has 0 N–H and O–H groups in total. The van der Waals surface area contributed by atoms with Crippen LogP contribution in [0, 0.1) is 0 Å². The van der Waals surface area contributed by atoms with Gasteiger partial charge in [-0.25, -0.2) is 0 Å². The lowest BCUT2D eigenvalue weighted by Crippen LogP contribution is -1.96. The summed E-state index contributed by atoms with van der Waals surface area (Å²) < 4.78 is 9.70. The van der Waals surface area contributed by atoms with Gasteiger partial charge in [-0.1, -0.05) is 279 Å². The Morgan fingerprint density at radius 1 is 0.132 bits per heavy atom. The van der Waals surface area contributed by atoms with Crippen LogP contribution < -0.4 is 0 Å². The van der Waals surface area contributed by atoms with Crippen LogP contribution in [0.5, 0.6) is 0 Å². The number of nitrogens with zero attached hydrogens (tertiary/aromatic N) is 4. The van der Waals surface area contributed by atoms with Gasteiger partial charge < -0.3 is 18.3 Å². The first-order chi connectivity index (χ1) is 52.6. The third kappa shape index (κ3) is 10.1. The van der Waals surface area contributed by atoms with Gasteiger partial charge in [0.1, 0.15) is 0 Å². The fourth-order valence-electron chi connectivity index (χ4n) is 17.0. The van der Waals surface area contributed by atoms with Crippen molar-refractivity contribution >= 4 is 120 Å². The smallest absolute Gasteiger partial charge is 0.0541 e. The molecule has 0 amide bonds. The fourth-order valence-corrected chi connectivity index (χ4v) is 17.0. The van der Waals surface area contributed by atoms with E-state index in [-0.39, 0.29) is 0 Å². The van der Waals surface area contributed by atoms with Crippen LogP contribution in [0.4, 0.5) is 0 Å². The number of benzene rings is 18. The van der Waals surface area contributed by atoms with E-state index in [1.807, 2.05) is 0 Å². The highest BCUT2D eigenvalue weighted by Gasteiger charge is 2.22. The molecule has 0 aliphatic rings. The summed E-state index contributed by atoms with van der Waals surface area (Å²) in [5.74, 6) is 0. The van der Waals surface area contributed by atoms with Crippen molar-refractivity contribution < 1.29 is 0 Å². The Morgan fingerprint density at radius 2 is 0.443 bits per heavy atom. The van der Waals surface area contributed by atoms with E-state index in [0.29, 0.717) is 0 Å². The minimum atomic E-state index is 1.15. The summed E-state index contributed by atoms with van der Waals surface area (Å²) in [4.78, 5) is 0. The molecule has 0 saturated carbocycles. The standard InChI is InChI=1S/C52H34N2.C50H32N2/c1-3-13-35(14-4-1)41-29-42(36-15-5-2-6-16-36)32-44(31-41)54-50-22-12-10-20-46(50)48-34-40(25-28-52(48)54)39-24-27-51-47(33-39)45-19-9-11-21-49(45)53(51)43-26-23-37-17-7-8-18-38(37)30-43;1-2-13-34(14-3-1)39-26-29-48(41-17-7-6-16-40(39)41)52-47-21-11-9-19-43(47)45-32-37(24-28-50(45)52)36-23-27-49-44(31-36)42-18-8-10-20-46(42)51(49)38-25-22-33-12-4-5-15-35(33)30-38/h1-34H;1-32H. The van der Waals surface area contributed by atoms with Gasteiger partial charge in [0.15, 0.2) is 0 Å². The molecule has 0 aliphatic heterocycles. The van der Waals surface area contributed by atoms with Crippen LogP contribution in [0.2, 0.25) is 0 Å². The summed E-state index contributed by atoms with van der Waals surface area (Å²) in [5.41, 5.74) is 26.5. The van der Waals surface area contributed by atoms with E-state index in [9.17, 15) is 0 Å². The maximum absolute atomic E-state index is 2.45. The van der Waals surface area contributed by atoms with Gasteiger partial charge in [-0.15, -0.1) is 0 Å². The van der Waals surface area contributed by atoms with Gasteiger partial charge in [-0.3, -0.25) is 0 Å². The Hall–Kier alpha value is -14.1. The summed E-state index contributed by atoms with van der Waals surface area (Å²) in [6, 6.07) is 146. The molecule has 22 aromatic rings. The highest BCUT2D eigenvalue weighted by Crippen LogP contribution is 2.44. The molecule has 0 spiro atoms. The second-order valence-corrected chi connectivity index (χ2v) is 27.9. The molecular weight excluding hydrogens is 1280 g/mol. The van der Waals surface area contributed by atoms with Crippen LogP contribution in [0.25, 0.3) is 198 Å². The van der Waals surface area contributed by atoms with Crippen LogP contribution in [0.3, 0.4) is 0 Å². The second kappa shape index (κ2) is 24.9. The first kappa shape index (κ1) is 60.7. The summed E-state index contributed by atoms with van der Waals surface area (Å²) in [6.45, 7) is 0. The first-order valence-electron chi connectivity index (χ1n) is 36.5. The lowest BCUT2D eigenvalue weighted by molar-refractivity contribution is 1.18. The van der Waals surface area contributed by atoms with Crippen LogP contribution in [0.1, 0.15) is 0 Å². The minimum Gasteiger partial charge on any atom is -0.309 e. The number of fused-ring (bicyclic) bond motifs is 15. The number of rotatable bonds is 9. The van der Waals surface area contributed by atoms with Crippen molar-refractivity contribution in [1.29, 1.82) is 0 Å². The van der Waals surface area contributed by atoms with Crippen LogP contribution in [0.15, 0.2) is 400 Å². The van der Waals surface area contributed by atoms with Gasteiger partial charge in [0.05, 0.1) is 49.8 Å². The van der Waals surface area contributed by atoms with Crippen molar-refractivity contribution in [2.24, 2.45) is 0 Å². The zero-order chi connectivity index (χ0) is 69.8. The van der Waals surface area contributed by atoms with Crippen molar-refractivity contribution in [2.45, 2.75) is 0 Å². The Morgan fingerprint density at radius 3 is 0.858 bits per heavy atom. The molecule has 0 bridgehead atoms. The van der Waals surface area contributed by atoms with Gasteiger partial charge >= 0.3 is 0 Å². The van der Waals surface area contributed by atoms with E-state index >= 15 is 0 Å². The van der Waals surface area contributed by atoms with Crippen molar-refractivity contribution in [2.75, 3.05) is 0 Å². The van der Waals surface area contributed by atoms with Gasteiger partial charge in [0.25, 0.3) is 0 Å². The molecular formula is C102H66N4. The molecule has 4 heteroatoms. The van der Waals surface area contributed by atoms with Gasteiger partial charge in [-0.05, 0) is 204 Å². The van der Waals surface area contributed by atoms with E-state index in [1.54, 1.807) is 0 Å². The van der Waals surface area contributed by atoms with E-state index in [1.165, 1.54) is 192 Å². The molecule has 0 radical (unpaired) electrons. The average molecular weight is 1350 g/mol. The highest BCUT2D eigenvalue weighted by molar-refractivity contribution is 6.16. The molecule has 0 aliphatic carbocycles. The molecule has 4 heterocycles. The number of aromatic nitrogens is 4.